The van der Waals surface area contributed by atoms with E-state index in [2.05, 4.69) is 9.97 Å². The summed E-state index contributed by atoms with van der Waals surface area (Å²) in [5.74, 6) is 0. The Kier molecular flexibility index (Phi) is 1.98. The van der Waals surface area contributed by atoms with Crippen LogP contribution in [-0.4, -0.2) is 18.4 Å². The van der Waals surface area contributed by atoms with Crippen LogP contribution in [0.2, 0.25) is 0 Å². The van der Waals surface area contributed by atoms with Crippen molar-refractivity contribution in [2.75, 3.05) is 0 Å². The minimum Gasteiger partial charge on any atom is -0.244 e. The molecule has 0 saturated heterocycles. The third-order valence-electron chi connectivity index (χ3n) is 1.36. The molecule has 0 aromatic carbocycles. The van der Waals surface area contributed by atoms with Crippen LogP contribution >= 0.6 is 22.0 Å². The molecule has 0 unspecified atom stereocenters. The lowest BCUT2D eigenvalue weighted by Gasteiger charge is -1.82. The number of nitrogens with zero attached hydrogens (tertiary/aromatic N) is 2. The van der Waals surface area contributed by atoms with Gasteiger partial charge in [-0.1, -0.05) is 11.3 Å². The Morgan fingerprint density at radius 2 is 2.23 bits per heavy atom. The van der Waals surface area contributed by atoms with Crippen molar-refractivity contribution in [2.45, 2.75) is 4.34 Å². The Hall–Kier alpha value is -0.720. The van der Waals surface area contributed by atoms with Crippen molar-refractivity contribution in [1.82, 2.24) is 9.97 Å². The Bertz CT molecular complexity index is 516. The molecule has 2 rings (SSSR count). The van der Waals surface area contributed by atoms with Crippen LogP contribution in [0.4, 0.5) is 0 Å². The van der Waals surface area contributed by atoms with E-state index in [1.165, 1.54) is 0 Å². The van der Waals surface area contributed by atoms with Gasteiger partial charge in [0.2, 0.25) is 4.34 Å². The van der Waals surface area contributed by atoms with Gasteiger partial charge in [0.25, 0.3) is 9.05 Å². The molecule has 4 nitrogen and oxygen atoms in total. The first kappa shape index (κ1) is 8.86. The molecule has 7 heteroatoms. The van der Waals surface area contributed by atoms with Gasteiger partial charge in [0, 0.05) is 16.9 Å². The second-order valence-corrected chi connectivity index (χ2v) is 5.96. The average Bonchev–Trinajstić information content (AvgIpc) is 2.45. The first-order chi connectivity index (χ1) is 6.07. The molecule has 0 atom stereocenters. The van der Waals surface area contributed by atoms with Crippen LogP contribution in [0.3, 0.4) is 0 Å². The SMILES string of the molecule is O=S(=O)(Cl)c1nc2cccnc2s1. The Morgan fingerprint density at radius 1 is 1.46 bits per heavy atom. The second-order valence-electron chi connectivity index (χ2n) is 2.25. The highest BCUT2D eigenvalue weighted by molar-refractivity contribution is 8.15. The summed E-state index contributed by atoms with van der Waals surface area (Å²) in [6.07, 6.45) is 1.57. The summed E-state index contributed by atoms with van der Waals surface area (Å²) in [7, 11) is 1.40. The van der Waals surface area contributed by atoms with Gasteiger partial charge < -0.3 is 0 Å². The smallest absolute Gasteiger partial charge is 0.244 e. The predicted octanol–water partition coefficient (Wildman–Crippen LogP) is 1.62. The lowest BCUT2D eigenvalue weighted by molar-refractivity contribution is 0.609. The van der Waals surface area contributed by atoms with E-state index in [0.717, 1.165) is 11.3 Å². The van der Waals surface area contributed by atoms with Crippen molar-refractivity contribution in [3.05, 3.63) is 18.3 Å². The number of halogens is 1. The number of fused-ring (bicyclic) bond motifs is 1. The lowest BCUT2D eigenvalue weighted by Crippen LogP contribution is -1.87. The van der Waals surface area contributed by atoms with E-state index in [0.29, 0.717) is 10.3 Å². The van der Waals surface area contributed by atoms with Crippen LogP contribution < -0.4 is 0 Å². The van der Waals surface area contributed by atoms with Crippen molar-refractivity contribution in [2.24, 2.45) is 0 Å². The fourth-order valence-electron chi connectivity index (χ4n) is 0.854. The van der Waals surface area contributed by atoms with Crippen LogP contribution in [0.1, 0.15) is 0 Å². The Balaban J connectivity index is 2.77. The van der Waals surface area contributed by atoms with Crippen LogP contribution in [0.5, 0.6) is 0 Å². The van der Waals surface area contributed by atoms with E-state index in [-0.39, 0.29) is 4.34 Å². The summed E-state index contributed by atoms with van der Waals surface area (Å²) < 4.78 is 21.7. The maximum Gasteiger partial charge on any atom is 0.288 e. The molecule has 2 heterocycles. The summed E-state index contributed by atoms with van der Waals surface area (Å²) in [5, 5.41) is 0. The molecule has 2 aromatic rings. The van der Waals surface area contributed by atoms with Gasteiger partial charge in [0.05, 0.1) is 0 Å². The number of hydrogen-bond acceptors (Lipinski definition) is 5. The summed E-state index contributed by atoms with van der Waals surface area (Å²) in [4.78, 5) is 8.34. The summed E-state index contributed by atoms with van der Waals surface area (Å²) in [6, 6.07) is 3.37. The Labute approximate surface area is 82.6 Å². The molecule has 0 aliphatic heterocycles. The highest BCUT2D eigenvalue weighted by Crippen LogP contribution is 2.25. The molecular weight excluding hydrogens is 232 g/mol. The minimum absolute atomic E-state index is 0.108. The van der Waals surface area contributed by atoms with E-state index in [9.17, 15) is 8.42 Å². The number of aromatic nitrogens is 2. The number of pyridine rings is 1. The molecule has 0 aliphatic rings. The molecule has 0 saturated carbocycles. The first-order valence-corrected chi connectivity index (χ1v) is 6.36. The summed E-state index contributed by atoms with van der Waals surface area (Å²) in [6.45, 7) is 0. The van der Waals surface area contributed by atoms with Crippen LogP contribution in [0.15, 0.2) is 22.7 Å². The molecule has 0 spiro atoms. The van der Waals surface area contributed by atoms with E-state index in [1.54, 1.807) is 18.3 Å². The van der Waals surface area contributed by atoms with E-state index in [1.807, 2.05) is 0 Å². The van der Waals surface area contributed by atoms with Crippen LogP contribution in [0, 0.1) is 0 Å². The quantitative estimate of drug-likeness (QED) is 0.704. The van der Waals surface area contributed by atoms with Crippen molar-refractivity contribution < 1.29 is 8.42 Å². The van der Waals surface area contributed by atoms with Crippen LogP contribution in [-0.2, 0) is 9.05 Å². The predicted molar refractivity (Wildman–Crippen MR) is 50.5 cm³/mol. The fraction of sp³-hybridized carbons (Fsp3) is 0. The highest BCUT2D eigenvalue weighted by Gasteiger charge is 2.16. The molecule has 0 aliphatic carbocycles. The average molecular weight is 235 g/mol. The van der Waals surface area contributed by atoms with Gasteiger partial charge in [-0.15, -0.1) is 0 Å². The van der Waals surface area contributed by atoms with Crippen molar-refractivity contribution in [1.29, 1.82) is 0 Å². The number of hydrogen-bond donors (Lipinski definition) is 0. The standard InChI is InChI=1S/C6H3ClN2O2S2/c7-13(10,11)6-9-4-2-1-3-8-5(4)12-6/h1-3H. The van der Waals surface area contributed by atoms with Crippen molar-refractivity contribution in [3.8, 4) is 0 Å². The normalized spacial score (nSPS) is 12.1. The zero-order chi connectivity index (χ0) is 9.47. The highest BCUT2D eigenvalue weighted by atomic mass is 35.7. The third kappa shape index (κ3) is 1.65. The largest absolute Gasteiger partial charge is 0.288 e. The zero-order valence-electron chi connectivity index (χ0n) is 6.14. The molecule has 0 fully saturated rings. The van der Waals surface area contributed by atoms with E-state index in [4.69, 9.17) is 10.7 Å². The number of rotatable bonds is 1. The maximum atomic E-state index is 10.9. The van der Waals surface area contributed by atoms with Gasteiger partial charge in [-0.25, -0.2) is 18.4 Å². The van der Waals surface area contributed by atoms with Gasteiger partial charge in [-0.3, -0.25) is 0 Å². The van der Waals surface area contributed by atoms with Crippen molar-refractivity contribution >= 4 is 41.4 Å². The molecule has 13 heavy (non-hydrogen) atoms. The topological polar surface area (TPSA) is 59.9 Å². The van der Waals surface area contributed by atoms with E-state index >= 15 is 0 Å². The van der Waals surface area contributed by atoms with Gasteiger partial charge in [0.1, 0.15) is 10.3 Å². The molecule has 0 amide bonds. The fourth-order valence-corrected chi connectivity index (χ4v) is 2.72. The minimum atomic E-state index is -3.73. The summed E-state index contributed by atoms with van der Waals surface area (Å²) >= 11 is 0.962. The monoisotopic (exact) mass is 234 g/mol. The second kappa shape index (κ2) is 2.90. The van der Waals surface area contributed by atoms with Gasteiger partial charge >= 0.3 is 0 Å². The zero-order valence-corrected chi connectivity index (χ0v) is 8.53. The first-order valence-electron chi connectivity index (χ1n) is 3.23. The maximum absolute atomic E-state index is 10.9. The lowest BCUT2D eigenvalue weighted by atomic mass is 10.5. The van der Waals surface area contributed by atoms with Crippen LogP contribution in [0.25, 0.3) is 10.3 Å². The molecule has 0 bridgehead atoms. The van der Waals surface area contributed by atoms with Gasteiger partial charge in [0.15, 0.2) is 0 Å². The molecule has 2 aromatic heterocycles. The molecule has 68 valence electrons. The molecular formula is C6H3ClN2O2S2. The van der Waals surface area contributed by atoms with Gasteiger partial charge in [-0.2, -0.15) is 0 Å². The molecule has 0 radical (unpaired) electrons. The number of thiazole rings is 1. The van der Waals surface area contributed by atoms with Crippen molar-refractivity contribution in [3.63, 3.8) is 0 Å². The third-order valence-corrected chi connectivity index (χ3v) is 4.26. The van der Waals surface area contributed by atoms with Gasteiger partial charge in [-0.05, 0) is 12.1 Å². The van der Waals surface area contributed by atoms with E-state index < -0.39 is 9.05 Å². The summed E-state index contributed by atoms with van der Waals surface area (Å²) in [5.41, 5.74) is 0.548. The Morgan fingerprint density at radius 3 is 2.85 bits per heavy atom. The molecule has 0 N–H and O–H groups in total.